The van der Waals surface area contributed by atoms with Crippen LogP contribution in [0.5, 0.6) is 0 Å². The van der Waals surface area contributed by atoms with Gasteiger partial charge in [0, 0.05) is 19.3 Å². The number of hydrogen-bond donors (Lipinski definition) is 2. The summed E-state index contributed by atoms with van der Waals surface area (Å²) in [4.78, 5) is 11.8. The van der Waals surface area contributed by atoms with E-state index in [9.17, 15) is 9.90 Å². The van der Waals surface area contributed by atoms with Crippen molar-refractivity contribution in [3.63, 3.8) is 0 Å². The summed E-state index contributed by atoms with van der Waals surface area (Å²) < 4.78 is 1.67. The lowest BCUT2D eigenvalue weighted by Gasteiger charge is -2.15. The second-order valence-electron chi connectivity index (χ2n) is 4.11. The number of aryl methyl sites for hydroxylation is 1. The summed E-state index contributed by atoms with van der Waals surface area (Å²) in [6.07, 6.45) is 1.78. The van der Waals surface area contributed by atoms with Gasteiger partial charge in [-0.25, -0.2) is 0 Å². The summed E-state index contributed by atoms with van der Waals surface area (Å²) >= 11 is 5.79. The van der Waals surface area contributed by atoms with Crippen molar-refractivity contribution in [2.75, 3.05) is 0 Å². The van der Waals surface area contributed by atoms with Gasteiger partial charge in [-0.15, -0.1) is 0 Å². The Morgan fingerprint density at radius 2 is 2.25 bits per heavy atom. The fraction of sp³-hybridized carbons (Fsp3) is 0.545. The van der Waals surface area contributed by atoms with Gasteiger partial charge in [-0.3, -0.25) is 4.79 Å². The first-order chi connectivity index (χ1) is 7.40. The minimum Gasteiger partial charge on any atom is -0.393 e. The van der Waals surface area contributed by atoms with E-state index in [1.165, 1.54) is 0 Å². The van der Waals surface area contributed by atoms with Crippen LogP contribution in [0.2, 0.25) is 5.02 Å². The fourth-order valence-corrected chi connectivity index (χ4v) is 1.87. The summed E-state index contributed by atoms with van der Waals surface area (Å²) in [5, 5.41) is 12.5. The average molecular weight is 245 g/mol. The molecule has 2 unspecified atom stereocenters. The molecule has 0 saturated carbocycles. The van der Waals surface area contributed by atoms with Crippen LogP contribution < -0.4 is 5.32 Å². The van der Waals surface area contributed by atoms with Gasteiger partial charge in [0.2, 0.25) is 0 Å². The Balaban J connectivity index is 2.62. The number of nitrogens with one attached hydrogen (secondary N) is 1. The summed E-state index contributed by atoms with van der Waals surface area (Å²) in [6.45, 7) is 3.55. The minimum absolute atomic E-state index is 0.0684. The molecule has 5 heteroatoms. The monoisotopic (exact) mass is 244 g/mol. The third kappa shape index (κ3) is 3.54. The Morgan fingerprint density at radius 1 is 1.62 bits per heavy atom. The van der Waals surface area contributed by atoms with Gasteiger partial charge in [-0.2, -0.15) is 0 Å². The Bertz CT molecular complexity index is 374. The van der Waals surface area contributed by atoms with Gasteiger partial charge >= 0.3 is 0 Å². The second-order valence-corrected chi connectivity index (χ2v) is 4.55. The van der Waals surface area contributed by atoms with Crippen LogP contribution in [0, 0.1) is 0 Å². The van der Waals surface area contributed by atoms with Crippen LogP contribution in [0.15, 0.2) is 12.3 Å². The molecule has 0 bridgehead atoms. The van der Waals surface area contributed by atoms with E-state index in [-0.39, 0.29) is 11.9 Å². The first-order valence-corrected chi connectivity index (χ1v) is 5.58. The quantitative estimate of drug-likeness (QED) is 0.845. The Kier molecular flexibility index (Phi) is 4.38. The molecule has 1 amide bonds. The van der Waals surface area contributed by atoms with Crippen LogP contribution in [0.3, 0.4) is 0 Å². The van der Waals surface area contributed by atoms with Crippen molar-refractivity contribution in [1.29, 1.82) is 0 Å². The molecule has 2 N–H and O–H groups in total. The standard InChI is InChI=1S/C11H17ClN2O2/c1-7(4-8(2)15)13-11(16)10-5-9(12)6-14(10)3/h5-8,15H,4H2,1-3H3,(H,13,16). The molecule has 2 atom stereocenters. The van der Waals surface area contributed by atoms with Crippen molar-refractivity contribution in [2.24, 2.45) is 7.05 Å². The molecule has 1 aromatic heterocycles. The summed E-state index contributed by atoms with van der Waals surface area (Å²) in [5.41, 5.74) is 0.516. The highest BCUT2D eigenvalue weighted by Gasteiger charge is 2.14. The lowest BCUT2D eigenvalue weighted by molar-refractivity contribution is 0.0915. The Morgan fingerprint density at radius 3 is 2.69 bits per heavy atom. The number of aliphatic hydroxyl groups excluding tert-OH is 1. The molecule has 1 aromatic rings. The summed E-state index contributed by atoms with van der Waals surface area (Å²) in [6, 6.07) is 1.55. The molecule has 1 rings (SSSR count). The third-order valence-electron chi connectivity index (χ3n) is 2.28. The van der Waals surface area contributed by atoms with Crippen LogP contribution >= 0.6 is 11.6 Å². The van der Waals surface area contributed by atoms with Crippen LogP contribution in [0.1, 0.15) is 30.8 Å². The highest BCUT2D eigenvalue weighted by Crippen LogP contribution is 2.12. The topological polar surface area (TPSA) is 54.3 Å². The molecule has 1 heterocycles. The number of halogens is 1. The van der Waals surface area contributed by atoms with E-state index < -0.39 is 6.10 Å². The average Bonchev–Trinajstić information content (AvgIpc) is 2.43. The second kappa shape index (κ2) is 5.37. The summed E-state index contributed by atoms with van der Waals surface area (Å²) in [5.74, 6) is -0.178. The number of carbonyl (C=O) groups excluding carboxylic acids is 1. The van der Waals surface area contributed by atoms with Crippen molar-refractivity contribution in [2.45, 2.75) is 32.4 Å². The number of aromatic nitrogens is 1. The first kappa shape index (κ1) is 13.1. The van der Waals surface area contributed by atoms with E-state index in [1.807, 2.05) is 6.92 Å². The van der Waals surface area contributed by atoms with Gasteiger partial charge < -0.3 is 15.0 Å². The molecule has 0 spiro atoms. The highest BCUT2D eigenvalue weighted by atomic mass is 35.5. The fourth-order valence-electron chi connectivity index (χ4n) is 1.62. The highest BCUT2D eigenvalue weighted by molar-refractivity contribution is 6.31. The molecule has 4 nitrogen and oxygen atoms in total. The van der Waals surface area contributed by atoms with Crippen LogP contribution in [0.4, 0.5) is 0 Å². The normalized spacial score (nSPS) is 14.6. The predicted molar refractivity (Wildman–Crippen MR) is 63.6 cm³/mol. The smallest absolute Gasteiger partial charge is 0.268 e. The van der Waals surface area contributed by atoms with Gasteiger partial charge in [-0.05, 0) is 26.3 Å². The zero-order valence-electron chi connectivity index (χ0n) is 9.70. The molecule has 0 aliphatic rings. The Hall–Kier alpha value is -1.00. The number of rotatable bonds is 4. The molecular formula is C11H17ClN2O2. The van der Waals surface area contributed by atoms with Gasteiger partial charge in [0.25, 0.3) is 5.91 Å². The van der Waals surface area contributed by atoms with Crippen LogP contribution in [-0.4, -0.2) is 27.7 Å². The van der Waals surface area contributed by atoms with E-state index in [0.717, 1.165) is 0 Å². The van der Waals surface area contributed by atoms with Crippen molar-refractivity contribution in [3.05, 3.63) is 23.0 Å². The van der Waals surface area contributed by atoms with E-state index in [0.29, 0.717) is 17.1 Å². The van der Waals surface area contributed by atoms with Crippen molar-refractivity contribution < 1.29 is 9.90 Å². The maximum atomic E-state index is 11.8. The SMILES string of the molecule is CC(O)CC(C)NC(=O)c1cc(Cl)cn1C. The molecule has 0 saturated heterocycles. The molecule has 0 radical (unpaired) electrons. The number of amides is 1. The predicted octanol–water partition coefficient (Wildman–Crippen LogP) is 1.57. The van der Waals surface area contributed by atoms with E-state index >= 15 is 0 Å². The van der Waals surface area contributed by atoms with Gasteiger partial charge in [0.15, 0.2) is 0 Å². The molecule has 90 valence electrons. The largest absolute Gasteiger partial charge is 0.393 e. The molecule has 0 fully saturated rings. The maximum Gasteiger partial charge on any atom is 0.268 e. The van der Waals surface area contributed by atoms with E-state index in [4.69, 9.17) is 11.6 Å². The first-order valence-electron chi connectivity index (χ1n) is 5.21. The van der Waals surface area contributed by atoms with Gasteiger partial charge in [0.05, 0.1) is 11.1 Å². The van der Waals surface area contributed by atoms with Gasteiger partial charge in [-0.1, -0.05) is 11.6 Å². The van der Waals surface area contributed by atoms with Crippen molar-refractivity contribution in [3.8, 4) is 0 Å². The zero-order chi connectivity index (χ0) is 12.3. The van der Waals surface area contributed by atoms with Gasteiger partial charge in [0.1, 0.15) is 5.69 Å². The molecule has 16 heavy (non-hydrogen) atoms. The number of hydrogen-bond acceptors (Lipinski definition) is 2. The van der Waals surface area contributed by atoms with E-state index in [2.05, 4.69) is 5.32 Å². The number of nitrogens with zero attached hydrogens (tertiary/aromatic N) is 1. The molecule has 0 aliphatic carbocycles. The molecule has 0 aliphatic heterocycles. The zero-order valence-corrected chi connectivity index (χ0v) is 10.5. The number of carbonyl (C=O) groups is 1. The molecule has 0 aromatic carbocycles. The van der Waals surface area contributed by atoms with E-state index in [1.54, 1.807) is 30.8 Å². The summed E-state index contributed by atoms with van der Waals surface area (Å²) in [7, 11) is 1.76. The van der Waals surface area contributed by atoms with Crippen LogP contribution in [-0.2, 0) is 7.05 Å². The minimum atomic E-state index is -0.424. The lowest BCUT2D eigenvalue weighted by atomic mass is 10.1. The van der Waals surface area contributed by atoms with Crippen molar-refractivity contribution >= 4 is 17.5 Å². The number of aliphatic hydroxyl groups is 1. The lowest BCUT2D eigenvalue weighted by Crippen LogP contribution is -2.35. The maximum absolute atomic E-state index is 11.8. The molecular weight excluding hydrogens is 228 g/mol. The third-order valence-corrected chi connectivity index (χ3v) is 2.48. The van der Waals surface area contributed by atoms with Crippen LogP contribution in [0.25, 0.3) is 0 Å². The Labute approximate surface area is 100 Å². The van der Waals surface area contributed by atoms with Crippen molar-refractivity contribution in [1.82, 2.24) is 9.88 Å².